The molecule has 0 atom stereocenters. The van der Waals surface area contributed by atoms with Gasteiger partial charge in [0.05, 0.1) is 31.2 Å². The first kappa shape index (κ1) is 24.0. The first-order valence-electron chi connectivity index (χ1n) is 10.3. The van der Waals surface area contributed by atoms with Crippen LogP contribution in [0.3, 0.4) is 0 Å². The summed E-state index contributed by atoms with van der Waals surface area (Å²) >= 11 is 0. The number of carbonyl (C=O) groups is 3. The maximum atomic E-state index is 12.3. The summed E-state index contributed by atoms with van der Waals surface area (Å²) in [5.41, 5.74) is 3.53. The Kier molecular flexibility index (Phi) is 8.34. The number of methoxy groups -OCH3 is 1. The molecule has 2 amide bonds. The van der Waals surface area contributed by atoms with E-state index in [1.54, 1.807) is 72.8 Å². The van der Waals surface area contributed by atoms with E-state index in [1.807, 2.05) is 6.92 Å². The van der Waals surface area contributed by atoms with E-state index in [9.17, 15) is 14.4 Å². The number of nitrogens with one attached hydrogen (secondary N) is 2. The van der Waals surface area contributed by atoms with Gasteiger partial charge in [0, 0.05) is 0 Å². The number of ether oxygens (including phenoxy) is 3. The molecule has 0 aliphatic rings. The van der Waals surface area contributed by atoms with E-state index < -0.39 is 17.8 Å². The molecule has 174 valence electrons. The van der Waals surface area contributed by atoms with Gasteiger partial charge in [0.1, 0.15) is 17.2 Å². The molecule has 0 aromatic heterocycles. The van der Waals surface area contributed by atoms with Crippen LogP contribution in [-0.2, 0) is 9.59 Å². The number of hydrogen-bond donors (Lipinski definition) is 2. The van der Waals surface area contributed by atoms with Crippen LogP contribution in [0.4, 0.5) is 5.69 Å². The Morgan fingerprint density at radius 3 is 2.24 bits per heavy atom. The Balaban J connectivity index is 1.50. The van der Waals surface area contributed by atoms with Gasteiger partial charge in [0.25, 0.3) is 0 Å². The lowest BCUT2D eigenvalue weighted by Gasteiger charge is -2.08. The number of esters is 1. The van der Waals surface area contributed by atoms with Crippen molar-refractivity contribution in [3.8, 4) is 17.2 Å². The number of carbonyl (C=O) groups excluding carboxylic acids is 3. The minimum Gasteiger partial charge on any atom is -0.495 e. The Morgan fingerprint density at radius 2 is 1.56 bits per heavy atom. The van der Waals surface area contributed by atoms with Gasteiger partial charge >= 0.3 is 17.8 Å². The van der Waals surface area contributed by atoms with Gasteiger partial charge in [-0.1, -0.05) is 12.1 Å². The van der Waals surface area contributed by atoms with E-state index in [0.29, 0.717) is 40.7 Å². The minimum atomic E-state index is -0.942. The minimum absolute atomic E-state index is 0.344. The van der Waals surface area contributed by atoms with Gasteiger partial charge in [-0.3, -0.25) is 9.59 Å². The fraction of sp³-hybridized carbons (Fsp3) is 0.120. The van der Waals surface area contributed by atoms with Gasteiger partial charge in [-0.2, -0.15) is 5.10 Å². The van der Waals surface area contributed by atoms with Gasteiger partial charge < -0.3 is 19.5 Å². The highest BCUT2D eigenvalue weighted by Gasteiger charge is 2.15. The molecule has 0 bridgehead atoms. The summed E-state index contributed by atoms with van der Waals surface area (Å²) in [6.45, 7) is 2.42. The smallest absolute Gasteiger partial charge is 0.343 e. The van der Waals surface area contributed by atoms with Crippen LogP contribution in [0, 0.1) is 0 Å². The summed E-state index contributed by atoms with van der Waals surface area (Å²) < 4.78 is 15.8. The number of para-hydroxylation sites is 2. The molecule has 9 nitrogen and oxygen atoms in total. The third kappa shape index (κ3) is 6.67. The largest absolute Gasteiger partial charge is 0.495 e. The van der Waals surface area contributed by atoms with E-state index in [0.717, 1.165) is 0 Å². The molecule has 0 saturated heterocycles. The van der Waals surface area contributed by atoms with E-state index in [4.69, 9.17) is 14.2 Å². The van der Waals surface area contributed by atoms with Gasteiger partial charge in [0.2, 0.25) is 0 Å². The molecule has 0 unspecified atom stereocenters. The van der Waals surface area contributed by atoms with Gasteiger partial charge in [-0.15, -0.1) is 0 Å². The lowest BCUT2D eigenvalue weighted by atomic mass is 10.2. The van der Waals surface area contributed by atoms with Gasteiger partial charge in [-0.25, -0.2) is 10.2 Å². The highest BCUT2D eigenvalue weighted by molar-refractivity contribution is 6.39. The number of hydrazone groups is 1. The zero-order chi connectivity index (χ0) is 24.3. The maximum Gasteiger partial charge on any atom is 0.343 e. The summed E-state index contributed by atoms with van der Waals surface area (Å²) in [5, 5.41) is 6.23. The highest BCUT2D eigenvalue weighted by Crippen LogP contribution is 2.22. The van der Waals surface area contributed by atoms with Crippen LogP contribution in [0.15, 0.2) is 77.9 Å². The van der Waals surface area contributed by atoms with E-state index in [2.05, 4.69) is 15.8 Å². The van der Waals surface area contributed by atoms with E-state index in [1.165, 1.54) is 13.3 Å². The molecule has 3 rings (SSSR count). The average molecular weight is 461 g/mol. The molecule has 34 heavy (non-hydrogen) atoms. The zero-order valence-electron chi connectivity index (χ0n) is 18.6. The van der Waals surface area contributed by atoms with Crippen LogP contribution >= 0.6 is 0 Å². The summed E-state index contributed by atoms with van der Waals surface area (Å²) in [6.07, 6.45) is 1.35. The van der Waals surface area contributed by atoms with Crippen molar-refractivity contribution < 1.29 is 28.6 Å². The van der Waals surface area contributed by atoms with Gasteiger partial charge in [0.15, 0.2) is 0 Å². The average Bonchev–Trinajstić information content (AvgIpc) is 2.86. The Bertz CT molecular complexity index is 1170. The third-order valence-electron chi connectivity index (χ3n) is 4.43. The normalized spacial score (nSPS) is 10.4. The van der Waals surface area contributed by atoms with Crippen molar-refractivity contribution in [2.24, 2.45) is 5.10 Å². The molecule has 0 aliphatic carbocycles. The van der Waals surface area contributed by atoms with Gasteiger partial charge in [-0.05, 0) is 73.2 Å². The third-order valence-corrected chi connectivity index (χ3v) is 4.43. The monoisotopic (exact) mass is 461 g/mol. The van der Waals surface area contributed by atoms with Crippen LogP contribution in [0.25, 0.3) is 0 Å². The first-order chi connectivity index (χ1) is 16.5. The fourth-order valence-corrected chi connectivity index (χ4v) is 2.79. The molecule has 3 aromatic rings. The van der Waals surface area contributed by atoms with Crippen LogP contribution < -0.4 is 25.0 Å². The molecular weight excluding hydrogens is 438 g/mol. The topological polar surface area (TPSA) is 115 Å². The van der Waals surface area contributed by atoms with Crippen molar-refractivity contribution in [1.29, 1.82) is 0 Å². The molecule has 0 heterocycles. The standard InChI is InChI=1S/C25H23N3O6/c1-3-33-19-14-10-18(11-15-19)25(31)34-20-12-8-17(9-13-20)16-26-28-24(30)23(29)27-21-6-4-5-7-22(21)32-2/h4-16H,3H2,1-2H3,(H,27,29)(H,28,30)/b26-16+. The van der Waals surface area contributed by atoms with Crippen LogP contribution in [0.5, 0.6) is 17.2 Å². The molecule has 0 radical (unpaired) electrons. The summed E-state index contributed by atoms with van der Waals surface area (Å²) in [7, 11) is 1.46. The summed E-state index contributed by atoms with van der Waals surface area (Å²) in [4.78, 5) is 36.3. The molecule has 2 N–H and O–H groups in total. The molecule has 0 fully saturated rings. The molecule has 0 spiro atoms. The second-order valence-electron chi connectivity index (χ2n) is 6.77. The van der Waals surface area contributed by atoms with Crippen LogP contribution in [-0.4, -0.2) is 37.7 Å². The Hall–Kier alpha value is -4.66. The Labute approximate surface area is 196 Å². The van der Waals surface area contributed by atoms with Crippen molar-refractivity contribution in [3.63, 3.8) is 0 Å². The number of rotatable bonds is 8. The highest BCUT2D eigenvalue weighted by atomic mass is 16.5. The molecular formula is C25H23N3O6. The second kappa shape index (κ2) is 11.8. The predicted molar refractivity (Wildman–Crippen MR) is 126 cm³/mol. The SMILES string of the molecule is CCOc1ccc(C(=O)Oc2ccc(/C=N/NC(=O)C(=O)Nc3ccccc3OC)cc2)cc1. The molecule has 3 aromatic carbocycles. The maximum absolute atomic E-state index is 12.3. The molecule has 0 aliphatic heterocycles. The summed E-state index contributed by atoms with van der Waals surface area (Å²) in [6, 6.07) is 19.8. The lowest BCUT2D eigenvalue weighted by molar-refractivity contribution is -0.136. The Morgan fingerprint density at radius 1 is 0.882 bits per heavy atom. The van der Waals surface area contributed by atoms with Crippen molar-refractivity contribution in [1.82, 2.24) is 5.43 Å². The zero-order valence-corrected chi connectivity index (χ0v) is 18.6. The molecule has 0 saturated carbocycles. The van der Waals surface area contributed by atoms with Crippen molar-refractivity contribution in [2.75, 3.05) is 19.0 Å². The number of benzene rings is 3. The fourth-order valence-electron chi connectivity index (χ4n) is 2.79. The lowest BCUT2D eigenvalue weighted by Crippen LogP contribution is -2.32. The first-order valence-corrected chi connectivity index (χ1v) is 10.3. The quantitative estimate of drug-likeness (QED) is 0.175. The van der Waals surface area contributed by atoms with Crippen LogP contribution in [0.1, 0.15) is 22.8 Å². The number of hydrogen-bond acceptors (Lipinski definition) is 7. The van der Waals surface area contributed by atoms with E-state index in [-0.39, 0.29) is 0 Å². The van der Waals surface area contributed by atoms with Crippen molar-refractivity contribution in [2.45, 2.75) is 6.92 Å². The number of amides is 2. The second-order valence-corrected chi connectivity index (χ2v) is 6.77. The summed E-state index contributed by atoms with van der Waals surface area (Å²) in [5.74, 6) is -0.891. The predicted octanol–water partition coefficient (Wildman–Crippen LogP) is 3.40. The molecule has 9 heteroatoms. The number of nitrogens with zero attached hydrogens (tertiary/aromatic N) is 1. The van der Waals surface area contributed by atoms with E-state index >= 15 is 0 Å². The van der Waals surface area contributed by atoms with Crippen LogP contribution in [0.2, 0.25) is 0 Å². The van der Waals surface area contributed by atoms with Crippen molar-refractivity contribution in [3.05, 3.63) is 83.9 Å². The number of anilines is 1. The van der Waals surface area contributed by atoms with Crippen molar-refractivity contribution >= 4 is 29.7 Å².